The number of hydrogen-bond acceptors (Lipinski definition) is 4. The van der Waals surface area contributed by atoms with Crippen molar-refractivity contribution in [2.24, 2.45) is 5.92 Å². The maximum absolute atomic E-state index is 9.25. The Bertz CT molecular complexity index is 446. The third-order valence-corrected chi connectivity index (χ3v) is 7.01. The molecule has 2 heterocycles. The van der Waals surface area contributed by atoms with Crippen molar-refractivity contribution in [3.8, 4) is 0 Å². The minimum Gasteiger partial charge on any atom is -0.392 e. The van der Waals surface area contributed by atoms with E-state index in [2.05, 4.69) is 46.6 Å². The van der Waals surface area contributed by atoms with Crippen LogP contribution in [0.3, 0.4) is 0 Å². The molecule has 21 heavy (non-hydrogen) atoms. The predicted octanol–water partition coefficient (Wildman–Crippen LogP) is 2.89. The van der Waals surface area contributed by atoms with Crippen molar-refractivity contribution in [2.75, 3.05) is 36.1 Å². The van der Waals surface area contributed by atoms with E-state index in [1.54, 1.807) is 0 Å². The molecule has 2 saturated heterocycles. The second-order valence-corrected chi connectivity index (χ2v) is 8.44. The topological polar surface area (TPSA) is 23.5 Å². The van der Waals surface area contributed by atoms with Crippen molar-refractivity contribution in [1.29, 1.82) is 0 Å². The summed E-state index contributed by atoms with van der Waals surface area (Å²) in [6.07, 6.45) is 2.49. The van der Waals surface area contributed by atoms with Gasteiger partial charge in [-0.15, -0.1) is 0 Å². The van der Waals surface area contributed by atoms with Gasteiger partial charge in [-0.2, -0.15) is 23.5 Å². The van der Waals surface area contributed by atoms with Crippen LogP contribution in [-0.2, 0) is 13.0 Å². The average molecular weight is 324 g/mol. The molecule has 2 aliphatic rings. The van der Waals surface area contributed by atoms with Gasteiger partial charge in [0, 0.05) is 35.6 Å². The van der Waals surface area contributed by atoms with Gasteiger partial charge in [0.2, 0.25) is 0 Å². The summed E-state index contributed by atoms with van der Waals surface area (Å²) in [7, 11) is 0. The van der Waals surface area contributed by atoms with Crippen molar-refractivity contribution in [3.05, 3.63) is 35.4 Å². The molecule has 0 spiro atoms. The molecule has 4 heteroatoms. The Balaban J connectivity index is 1.54. The normalized spacial score (nSPS) is 25.1. The van der Waals surface area contributed by atoms with Crippen LogP contribution in [0.1, 0.15) is 17.5 Å². The fraction of sp³-hybridized carbons (Fsp3) is 0.647. The van der Waals surface area contributed by atoms with Crippen LogP contribution < -0.4 is 0 Å². The first kappa shape index (κ1) is 15.7. The minimum atomic E-state index is 0.154. The molecule has 1 N–H and O–H groups in total. The van der Waals surface area contributed by atoms with Crippen molar-refractivity contribution >= 4 is 23.5 Å². The molecule has 0 aliphatic carbocycles. The highest BCUT2D eigenvalue weighted by Gasteiger charge is 2.28. The van der Waals surface area contributed by atoms with Gasteiger partial charge in [0.1, 0.15) is 0 Å². The highest BCUT2D eigenvalue weighted by Crippen LogP contribution is 2.27. The Morgan fingerprint density at radius 3 is 2.67 bits per heavy atom. The lowest BCUT2D eigenvalue weighted by molar-refractivity contribution is 0.272. The van der Waals surface area contributed by atoms with Crippen LogP contribution in [0, 0.1) is 5.92 Å². The molecule has 0 amide bonds. The highest BCUT2D eigenvalue weighted by molar-refractivity contribution is 8.03. The molecular formula is C17H25NOS2. The maximum atomic E-state index is 9.25. The van der Waals surface area contributed by atoms with Crippen LogP contribution in [0.5, 0.6) is 0 Å². The fourth-order valence-corrected chi connectivity index (χ4v) is 5.99. The molecule has 0 aromatic heterocycles. The second-order valence-electron chi connectivity index (χ2n) is 6.14. The van der Waals surface area contributed by atoms with Crippen molar-refractivity contribution in [3.63, 3.8) is 0 Å². The van der Waals surface area contributed by atoms with Crippen LogP contribution in [0.25, 0.3) is 0 Å². The van der Waals surface area contributed by atoms with E-state index in [0.29, 0.717) is 0 Å². The molecule has 1 unspecified atom stereocenters. The van der Waals surface area contributed by atoms with E-state index in [4.69, 9.17) is 0 Å². The Kier molecular flexibility index (Phi) is 5.92. The average Bonchev–Trinajstić information content (AvgIpc) is 2.81. The zero-order valence-electron chi connectivity index (χ0n) is 12.5. The number of benzene rings is 1. The molecule has 116 valence electrons. The number of rotatable bonds is 4. The number of aliphatic hydroxyl groups is 1. The first-order valence-corrected chi connectivity index (χ1v) is 10.2. The largest absolute Gasteiger partial charge is 0.392 e. The smallest absolute Gasteiger partial charge is 0.0681 e. The first-order valence-electron chi connectivity index (χ1n) is 7.93. The molecule has 1 atom stereocenters. The zero-order valence-corrected chi connectivity index (χ0v) is 14.2. The minimum absolute atomic E-state index is 0.154. The van der Waals surface area contributed by atoms with Crippen LogP contribution in [0.4, 0.5) is 0 Å². The number of thioether (sulfide) groups is 2. The summed E-state index contributed by atoms with van der Waals surface area (Å²) in [5, 5.41) is 9.25. The first-order chi connectivity index (χ1) is 10.3. The lowest BCUT2D eigenvalue weighted by Crippen LogP contribution is -2.37. The van der Waals surface area contributed by atoms with Gasteiger partial charge in [0.15, 0.2) is 0 Å². The molecule has 0 saturated carbocycles. The summed E-state index contributed by atoms with van der Waals surface area (Å²) >= 11 is 4.26. The molecule has 2 aliphatic heterocycles. The van der Waals surface area contributed by atoms with Gasteiger partial charge >= 0.3 is 0 Å². The van der Waals surface area contributed by atoms with Crippen molar-refractivity contribution in [1.82, 2.24) is 4.90 Å². The number of aliphatic hydroxyl groups excluding tert-OH is 1. The highest BCUT2D eigenvalue weighted by atomic mass is 32.2. The third kappa shape index (κ3) is 4.41. The SMILES string of the molecule is OCc1cccc(CC2CCN(C3CSCCSC3)C2)c1. The molecule has 1 aromatic carbocycles. The van der Waals surface area contributed by atoms with Crippen LogP contribution in [0.15, 0.2) is 24.3 Å². The van der Waals surface area contributed by atoms with E-state index in [-0.39, 0.29) is 6.61 Å². The molecular weight excluding hydrogens is 298 g/mol. The zero-order chi connectivity index (χ0) is 14.5. The van der Waals surface area contributed by atoms with Gasteiger partial charge in [-0.05, 0) is 36.4 Å². The molecule has 0 radical (unpaired) electrons. The monoisotopic (exact) mass is 323 g/mol. The summed E-state index contributed by atoms with van der Waals surface area (Å²) in [5.41, 5.74) is 2.43. The number of nitrogens with zero attached hydrogens (tertiary/aromatic N) is 1. The van der Waals surface area contributed by atoms with E-state index in [1.165, 1.54) is 48.1 Å². The third-order valence-electron chi connectivity index (χ3n) is 4.52. The van der Waals surface area contributed by atoms with Crippen molar-refractivity contribution < 1.29 is 5.11 Å². The van der Waals surface area contributed by atoms with Gasteiger partial charge in [-0.3, -0.25) is 4.90 Å². The summed E-state index contributed by atoms with van der Waals surface area (Å²) in [5.74, 6) is 6.08. The van der Waals surface area contributed by atoms with Gasteiger partial charge in [0.25, 0.3) is 0 Å². The van der Waals surface area contributed by atoms with Gasteiger partial charge in [0.05, 0.1) is 6.61 Å². The quantitative estimate of drug-likeness (QED) is 0.920. The van der Waals surface area contributed by atoms with E-state index >= 15 is 0 Å². The lowest BCUT2D eigenvalue weighted by Gasteiger charge is -2.26. The summed E-state index contributed by atoms with van der Waals surface area (Å²) in [4.78, 5) is 2.73. The van der Waals surface area contributed by atoms with E-state index < -0.39 is 0 Å². The van der Waals surface area contributed by atoms with Gasteiger partial charge in [-0.25, -0.2) is 0 Å². The standard InChI is InChI=1S/C17H25NOS2/c19-11-16-3-1-2-14(9-16)8-15-4-5-18(10-15)17-12-20-6-7-21-13-17/h1-3,9,15,17,19H,4-8,10-13H2. The number of likely N-dealkylation sites (tertiary alicyclic amines) is 1. The van der Waals surface area contributed by atoms with Crippen LogP contribution in [0.2, 0.25) is 0 Å². The van der Waals surface area contributed by atoms with Gasteiger partial charge < -0.3 is 5.11 Å². The van der Waals surface area contributed by atoms with Gasteiger partial charge in [-0.1, -0.05) is 24.3 Å². The fourth-order valence-electron chi connectivity index (χ4n) is 3.36. The van der Waals surface area contributed by atoms with Crippen molar-refractivity contribution in [2.45, 2.75) is 25.5 Å². The summed E-state index contributed by atoms with van der Waals surface area (Å²) in [6.45, 7) is 2.69. The Hall–Kier alpha value is -0.160. The molecule has 1 aromatic rings. The second kappa shape index (κ2) is 7.91. The Morgan fingerprint density at radius 1 is 1.14 bits per heavy atom. The Morgan fingerprint density at radius 2 is 1.90 bits per heavy atom. The maximum Gasteiger partial charge on any atom is 0.0681 e. The lowest BCUT2D eigenvalue weighted by atomic mass is 9.97. The summed E-state index contributed by atoms with van der Waals surface area (Å²) < 4.78 is 0. The molecule has 3 rings (SSSR count). The molecule has 2 fully saturated rings. The predicted molar refractivity (Wildman–Crippen MR) is 94.2 cm³/mol. The van der Waals surface area contributed by atoms with E-state index in [0.717, 1.165) is 23.9 Å². The molecule has 2 nitrogen and oxygen atoms in total. The van der Waals surface area contributed by atoms with E-state index in [1.807, 2.05) is 6.07 Å². The van der Waals surface area contributed by atoms with Crippen LogP contribution in [-0.4, -0.2) is 52.1 Å². The number of hydrogen-bond donors (Lipinski definition) is 1. The Labute approximate surface area is 136 Å². The van der Waals surface area contributed by atoms with Crippen LogP contribution >= 0.6 is 23.5 Å². The molecule has 0 bridgehead atoms. The summed E-state index contributed by atoms with van der Waals surface area (Å²) in [6, 6.07) is 9.24. The van der Waals surface area contributed by atoms with E-state index in [9.17, 15) is 5.11 Å².